The summed E-state index contributed by atoms with van der Waals surface area (Å²) in [5, 5.41) is 0. The molecule has 0 unspecified atom stereocenters. The molecule has 2 fully saturated rings. The molecular formula is C23H35N3O3. The van der Waals surface area contributed by atoms with Crippen molar-refractivity contribution in [1.82, 2.24) is 14.7 Å². The Kier molecular flexibility index (Phi) is 5.51. The van der Waals surface area contributed by atoms with E-state index in [1.165, 1.54) is 5.56 Å². The molecule has 1 aromatic rings. The van der Waals surface area contributed by atoms with E-state index in [9.17, 15) is 4.79 Å². The first-order chi connectivity index (χ1) is 13.8. The molecule has 0 aliphatic carbocycles. The number of likely N-dealkylation sites (tertiary alicyclic amines) is 2. The third kappa shape index (κ3) is 4.24. The lowest BCUT2D eigenvalue weighted by molar-refractivity contribution is -0.140. The van der Waals surface area contributed by atoms with Crippen molar-refractivity contribution in [1.29, 1.82) is 0 Å². The Morgan fingerprint density at radius 3 is 2.55 bits per heavy atom. The van der Waals surface area contributed by atoms with Crippen molar-refractivity contribution >= 4 is 5.91 Å². The zero-order valence-electron chi connectivity index (χ0n) is 18.4. The van der Waals surface area contributed by atoms with Crippen LogP contribution in [0, 0.1) is 5.41 Å². The first-order valence-corrected chi connectivity index (χ1v) is 10.8. The molecule has 0 radical (unpaired) electrons. The number of nitrogens with zero attached hydrogens (tertiary/aromatic N) is 3. The van der Waals surface area contributed by atoms with Crippen molar-refractivity contribution in [2.75, 3.05) is 54.1 Å². The molecule has 1 aromatic carbocycles. The van der Waals surface area contributed by atoms with Gasteiger partial charge in [0.05, 0.1) is 0 Å². The number of amides is 1. The summed E-state index contributed by atoms with van der Waals surface area (Å²) >= 11 is 0. The van der Waals surface area contributed by atoms with E-state index in [2.05, 4.69) is 54.9 Å². The van der Waals surface area contributed by atoms with Crippen LogP contribution in [0.5, 0.6) is 11.5 Å². The van der Waals surface area contributed by atoms with E-state index in [0.717, 1.165) is 63.4 Å². The van der Waals surface area contributed by atoms with Crippen molar-refractivity contribution in [2.45, 2.75) is 44.6 Å². The maximum Gasteiger partial charge on any atom is 0.231 e. The molecule has 3 aliphatic rings. The highest BCUT2D eigenvalue weighted by atomic mass is 16.7. The van der Waals surface area contributed by atoms with Gasteiger partial charge in [0.2, 0.25) is 12.7 Å². The predicted molar refractivity (Wildman–Crippen MR) is 113 cm³/mol. The minimum absolute atomic E-state index is 0.0825. The van der Waals surface area contributed by atoms with Crippen LogP contribution >= 0.6 is 0 Å². The number of hydrogen-bond donors (Lipinski definition) is 0. The van der Waals surface area contributed by atoms with Crippen LogP contribution in [0.3, 0.4) is 0 Å². The van der Waals surface area contributed by atoms with Gasteiger partial charge in [-0.1, -0.05) is 13.0 Å². The van der Waals surface area contributed by atoms with Crippen LogP contribution in [0.15, 0.2) is 18.2 Å². The number of rotatable bonds is 5. The van der Waals surface area contributed by atoms with Gasteiger partial charge in [0.1, 0.15) is 0 Å². The molecule has 29 heavy (non-hydrogen) atoms. The molecule has 6 nitrogen and oxygen atoms in total. The van der Waals surface area contributed by atoms with E-state index in [4.69, 9.17) is 9.47 Å². The minimum atomic E-state index is 0.0825. The van der Waals surface area contributed by atoms with Crippen molar-refractivity contribution in [2.24, 2.45) is 5.41 Å². The second-order valence-corrected chi connectivity index (χ2v) is 9.85. The number of carbonyl (C=O) groups excluding carboxylic acids is 1. The van der Waals surface area contributed by atoms with Crippen LogP contribution < -0.4 is 9.47 Å². The molecule has 0 aromatic heterocycles. The third-order valence-corrected chi connectivity index (χ3v) is 7.29. The van der Waals surface area contributed by atoms with Crippen LogP contribution in [0.2, 0.25) is 0 Å². The van der Waals surface area contributed by atoms with Gasteiger partial charge >= 0.3 is 0 Å². The summed E-state index contributed by atoms with van der Waals surface area (Å²) in [6, 6.07) is 6.25. The van der Waals surface area contributed by atoms with Gasteiger partial charge in [0.15, 0.2) is 11.5 Å². The first-order valence-electron chi connectivity index (χ1n) is 10.8. The summed E-state index contributed by atoms with van der Waals surface area (Å²) < 4.78 is 11.0. The normalized spacial score (nSPS) is 26.9. The average molecular weight is 402 g/mol. The number of likely N-dealkylation sites (N-methyl/N-ethyl adjacent to an activating group) is 1. The van der Waals surface area contributed by atoms with Gasteiger partial charge in [-0.15, -0.1) is 0 Å². The summed E-state index contributed by atoms with van der Waals surface area (Å²) in [6.45, 7) is 6.48. The molecule has 0 bridgehead atoms. The maximum atomic E-state index is 12.9. The minimum Gasteiger partial charge on any atom is -0.454 e. The molecule has 1 amide bonds. The van der Waals surface area contributed by atoms with Crippen molar-refractivity contribution in [3.8, 4) is 11.5 Å². The van der Waals surface area contributed by atoms with E-state index in [1.54, 1.807) is 0 Å². The molecule has 3 heterocycles. The molecule has 4 rings (SSSR count). The molecule has 1 atom stereocenters. The third-order valence-electron chi connectivity index (χ3n) is 7.29. The molecule has 6 heteroatoms. The highest BCUT2D eigenvalue weighted by molar-refractivity contribution is 5.77. The summed E-state index contributed by atoms with van der Waals surface area (Å²) in [5.74, 6) is 1.98. The molecule has 3 aliphatic heterocycles. The van der Waals surface area contributed by atoms with Crippen molar-refractivity contribution in [3.63, 3.8) is 0 Å². The predicted octanol–water partition coefficient (Wildman–Crippen LogP) is 2.61. The Labute approximate surface area is 174 Å². The fourth-order valence-electron chi connectivity index (χ4n) is 5.16. The van der Waals surface area contributed by atoms with Crippen molar-refractivity contribution < 1.29 is 14.3 Å². The lowest BCUT2D eigenvalue weighted by Crippen LogP contribution is -2.60. The number of benzene rings is 1. The summed E-state index contributed by atoms with van der Waals surface area (Å²) in [4.78, 5) is 19.8. The van der Waals surface area contributed by atoms with Crippen LogP contribution in [-0.2, 0) is 11.2 Å². The molecule has 2 saturated heterocycles. The molecule has 0 saturated carbocycles. The number of hydrogen-bond acceptors (Lipinski definition) is 5. The monoisotopic (exact) mass is 401 g/mol. The fraction of sp³-hybridized carbons (Fsp3) is 0.696. The van der Waals surface area contributed by atoms with Gasteiger partial charge in [-0.25, -0.2) is 0 Å². The standard InChI is InChI=1S/C23H35N3O3/c1-22(14-18-5-6-19-20(13-18)29-17-28-19)8-7-21(27)26(15-22)16-23(24(2)3)9-11-25(4)12-10-23/h5-6,13H,7-12,14-17H2,1-4H3/t22-/m0/s1. The highest BCUT2D eigenvalue weighted by Crippen LogP contribution is 2.39. The number of piperidine rings is 2. The Morgan fingerprint density at radius 2 is 1.83 bits per heavy atom. The average Bonchev–Trinajstić information content (AvgIpc) is 3.14. The number of fused-ring (bicyclic) bond motifs is 1. The van der Waals surface area contributed by atoms with Gasteiger partial charge in [-0.2, -0.15) is 0 Å². The topological polar surface area (TPSA) is 45.3 Å². The summed E-state index contributed by atoms with van der Waals surface area (Å²) in [7, 11) is 6.53. The van der Waals surface area contributed by atoms with Crippen molar-refractivity contribution in [3.05, 3.63) is 23.8 Å². The Morgan fingerprint density at radius 1 is 1.10 bits per heavy atom. The largest absolute Gasteiger partial charge is 0.454 e. The van der Waals surface area contributed by atoms with Gasteiger partial charge in [0.25, 0.3) is 0 Å². The molecular weight excluding hydrogens is 366 g/mol. The molecule has 160 valence electrons. The van der Waals surface area contributed by atoms with Gasteiger partial charge in [-0.05, 0) is 83.0 Å². The quantitative estimate of drug-likeness (QED) is 0.759. The molecule has 0 spiro atoms. The summed E-state index contributed by atoms with van der Waals surface area (Å²) in [6.07, 6.45) is 4.75. The van der Waals surface area contributed by atoms with Gasteiger partial charge < -0.3 is 24.2 Å². The van der Waals surface area contributed by atoms with E-state index in [0.29, 0.717) is 19.1 Å². The Balaban J connectivity index is 1.47. The maximum absolute atomic E-state index is 12.9. The highest BCUT2D eigenvalue weighted by Gasteiger charge is 2.42. The van der Waals surface area contributed by atoms with E-state index in [-0.39, 0.29) is 11.0 Å². The Bertz CT molecular complexity index is 758. The van der Waals surface area contributed by atoms with Crippen LogP contribution in [0.4, 0.5) is 0 Å². The molecule has 0 N–H and O–H groups in total. The Hall–Kier alpha value is -1.79. The van der Waals surface area contributed by atoms with Gasteiger partial charge in [0, 0.05) is 25.0 Å². The van der Waals surface area contributed by atoms with E-state index >= 15 is 0 Å². The van der Waals surface area contributed by atoms with E-state index in [1.807, 2.05) is 6.07 Å². The van der Waals surface area contributed by atoms with Crippen LogP contribution in [-0.4, -0.2) is 80.3 Å². The lowest BCUT2D eigenvalue weighted by atomic mass is 9.75. The number of carbonyl (C=O) groups is 1. The SMILES string of the molecule is CN1CCC(CN2C[C@](C)(Cc3ccc4c(c3)OCO4)CCC2=O)(N(C)C)CC1. The lowest BCUT2D eigenvalue weighted by Gasteiger charge is -2.50. The zero-order valence-corrected chi connectivity index (χ0v) is 18.4. The second-order valence-electron chi connectivity index (χ2n) is 9.85. The van der Waals surface area contributed by atoms with Gasteiger partial charge in [-0.3, -0.25) is 4.79 Å². The number of ether oxygens (including phenoxy) is 2. The second kappa shape index (κ2) is 7.80. The van der Waals surface area contributed by atoms with Crippen LogP contribution in [0.1, 0.15) is 38.2 Å². The zero-order chi connectivity index (χ0) is 20.6. The van der Waals surface area contributed by atoms with Crippen LogP contribution in [0.25, 0.3) is 0 Å². The smallest absolute Gasteiger partial charge is 0.231 e. The fourth-order valence-corrected chi connectivity index (χ4v) is 5.16. The summed E-state index contributed by atoms with van der Waals surface area (Å²) in [5.41, 5.74) is 1.42. The van der Waals surface area contributed by atoms with E-state index < -0.39 is 0 Å². The first kappa shape index (κ1) is 20.5.